The van der Waals surface area contributed by atoms with E-state index in [1.165, 1.54) is 30.5 Å². The fraction of sp³-hybridized carbons (Fsp3) is 0.357. The summed E-state index contributed by atoms with van der Waals surface area (Å²) in [6.07, 6.45) is 2.60. The minimum absolute atomic E-state index is 0.00237. The summed E-state index contributed by atoms with van der Waals surface area (Å²) in [6.45, 7) is 1.94. The third-order valence-corrected chi connectivity index (χ3v) is 10.9. The standard InChI is InChI=1S/C28H27ClF2N2O5S/c1-15-9-18-11-20(13-21(15)28(18,36)26(34)17-3-2-8-32-14-17)39(37,38)25-10-16(4-6-22(25)29)27(35)33-19-5-7-23(30)24(31)12-19/h2-8,10,12,14-15,18,20-21,26,34,36H,9,11,13H2,1H3,(H,33,35)/t15-,18?,20+,21?,26?,28+/m0/s1. The van der Waals surface area contributed by atoms with Gasteiger partial charge in [0.05, 0.1) is 15.2 Å². The van der Waals surface area contributed by atoms with E-state index >= 15 is 0 Å². The first-order valence-corrected chi connectivity index (χ1v) is 14.5. The minimum atomic E-state index is -4.05. The molecule has 6 atom stereocenters. The molecule has 2 aromatic carbocycles. The zero-order valence-electron chi connectivity index (χ0n) is 20.9. The predicted molar refractivity (Wildman–Crippen MR) is 141 cm³/mol. The largest absolute Gasteiger partial charge is 0.386 e. The van der Waals surface area contributed by atoms with Gasteiger partial charge in [-0.15, -0.1) is 0 Å². The van der Waals surface area contributed by atoms with Crippen LogP contribution in [0.5, 0.6) is 0 Å². The average molecular weight is 577 g/mol. The molecule has 2 saturated carbocycles. The molecule has 206 valence electrons. The molecule has 0 radical (unpaired) electrons. The number of hydrogen-bond acceptors (Lipinski definition) is 6. The highest BCUT2D eigenvalue weighted by Crippen LogP contribution is 2.58. The van der Waals surface area contributed by atoms with Gasteiger partial charge in [-0.2, -0.15) is 0 Å². The van der Waals surface area contributed by atoms with Gasteiger partial charge in [0.15, 0.2) is 21.5 Å². The van der Waals surface area contributed by atoms with Crippen molar-refractivity contribution in [1.82, 2.24) is 4.98 Å². The van der Waals surface area contributed by atoms with Gasteiger partial charge < -0.3 is 15.5 Å². The zero-order chi connectivity index (χ0) is 28.1. The van der Waals surface area contributed by atoms with Crippen molar-refractivity contribution in [2.45, 2.75) is 48.0 Å². The second-order valence-corrected chi connectivity index (χ2v) is 13.1. The quantitative estimate of drug-likeness (QED) is 0.383. The maximum Gasteiger partial charge on any atom is 0.255 e. The van der Waals surface area contributed by atoms with Crippen LogP contribution in [0, 0.1) is 29.4 Å². The Labute approximate surface area is 229 Å². The first kappa shape index (κ1) is 27.6. The first-order valence-electron chi connectivity index (χ1n) is 12.5. The number of nitrogens with one attached hydrogen (secondary N) is 1. The summed E-state index contributed by atoms with van der Waals surface area (Å²) in [5.41, 5.74) is -1.07. The molecule has 3 N–H and O–H groups in total. The number of halogens is 3. The van der Waals surface area contributed by atoms with Crippen LogP contribution >= 0.6 is 11.6 Å². The van der Waals surface area contributed by atoms with Crippen molar-refractivity contribution >= 4 is 33.0 Å². The van der Waals surface area contributed by atoms with Gasteiger partial charge in [-0.3, -0.25) is 9.78 Å². The van der Waals surface area contributed by atoms with E-state index in [1.807, 2.05) is 6.92 Å². The monoisotopic (exact) mass is 576 g/mol. The molecule has 11 heteroatoms. The topological polar surface area (TPSA) is 117 Å². The van der Waals surface area contributed by atoms with Crippen molar-refractivity contribution in [3.05, 3.63) is 88.7 Å². The van der Waals surface area contributed by atoms with Crippen LogP contribution in [0.25, 0.3) is 0 Å². The lowest BCUT2D eigenvalue weighted by Gasteiger charge is -2.45. The van der Waals surface area contributed by atoms with Crippen LogP contribution in [-0.4, -0.2) is 40.4 Å². The van der Waals surface area contributed by atoms with Gasteiger partial charge in [-0.25, -0.2) is 17.2 Å². The normalized spacial score (nSPS) is 27.2. The van der Waals surface area contributed by atoms with Crippen molar-refractivity contribution in [3.8, 4) is 0 Å². The number of carbonyl (C=O) groups excluding carboxylic acids is 1. The number of anilines is 1. The summed E-state index contributed by atoms with van der Waals surface area (Å²) in [4.78, 5) is 16.6. The Kier molecular flexibility index (Phi) is 7.26. The highest BCUT2D eigenvalue weighted by Gasteiger charge is 2.61. The highest BCUT2D eigenvalue weighted by atomic mass is 35.5. The maximum atomic E-state index is 13.8. The third kappa shape index (κ3) is 4.84. The van der Waals surface area contributed by atoms with Crippen LogP contribution in [0.4, 0.5) is 14.5 Å². The van der Waals surface area contributed by atoms with E-state index in [-0.39, 0.29) is 39.9 Å². The maximum absolute atomic E-state index is 13.8. The molecule has 3 aromatic rings. The van der Waals surface area contributed by atoms with Crippen molar-refractivity contribution in [2.24, 2.45) is 17.8 Å². The molecular weight excluding hydrogens is 550 g/mol. The predicted octanol–water partition coefficient (Wildman–Crippen LogP) is 4.94. The SMILES string of the molecule is C[C@H]1CC2C[C@@H](S(=O)(=O)c3cc(C(=O)Nc4ccc(F)c(F)c4)ccc3Cl)CC1[C@@]2(O)C(O)c1cccnc1. The van der Waals surface area contributed by atoms with Crippen LogP contribution in [0.3, 0.4) is 0 Å². The number of aliphatic hydroxyl groups is 2. The number of fused-ring (bicyclic) bond motifs is 2. The van der Waals surface area contributed by atoms with E-state index in [4.69, 9.17) is 11.6 Å². The fourth-order valence-corrected chi connectivity index (χ4v) is 8.64. The fourth-order valence-electron chi connectivity index (χ4n) is 6.27. The van der Waals surface area contributed by atoms with Crippen molar-refractivity contribution < 1.29 is 32.2 Å². The highest BCUT2D eigenvalue weighted by molar-refractivity contribution is 7.92. The summed E-state index contributed by atoms with van der Waals surface area (Å²) in [5, 5.41) is 24.4. The number of pyridine rings is 1. The Morgan fingerprint density at radius 3 is 2.56 bits per heavy atom. The van der Waals surface area contributed by atoms with E-state index in [2.05, 4.69) is 10.3 Å². The van der Waals surface area contributed by atoms with Gasteiger partial charge in [-0.05, 0) is 73.4 Å². The summed E-state index contributed by atoms with van der Waals surface area (Å²) in [7, 11) is -4.05. The molecule has 0 spiro atoms. The number of benzene rings is 2. The summed E-state index contributed by atoms with van der Waals surface area (Å²) < 4.78 is 54.5. The molecule has 1 heterocycles. The number of aromatic nitrogens is 1. The Morgan fingerprint density at radius 2 is 1.90 bits per heavy atom. The average Bonchev–Trinajstić information content (AvgIpc) is 3.03. The van der Waals surface area contributed by atoms with E-state index in [9.17, 15) is 32.2 Å². The number of nitrogens with zero attached hydrogens (tertiary/aromatic N) is 1. The van der Waals surface area contributed by atoms with Crippen LogP contribution in [-0.2, 0) is 9.84 Å². The molecule has 7 nitrogen and oxygen atoms in total. The third-order valence-electron chi connectivity index (χ3n) is 8.21. The summed E-state index contributed by atoms with van der Waals surface area (Å²) >= 11 is 6.31. The van der Waals surface area contributed by atoms with E-state index in [1.54, 1.807) is 18.3 Å². The Hall–Kier alpha value is -2.92. The van der Waals surface area contributed by atoms with Gasteiger partial charge in [0.1, 0.15) is 11.7 Å². The second-order valence-electron chi connectivity index (χ2n) is 10.5. The molecule has 2 aliphatic rings. The van der Waals surface area contributed by atoms with Gasteiger partial charge in [0, 0.05) is 35.3 Å². The van der Waals surface area contributed by atoms with Crippen LogP contribution < -0.4 is 5.32 Å². The molecule has 2 bridgehead atoms. The lowest BCUT2D eigenvalue weighted by Crippen LogP contribution is -2.52. The van der Waals surface area contributed by atoms with Crippen molar-refractivity contribution in [3.63, 3.8) is 0 Å². The molecule has 5 rings (SSSR count). The number of amides is 1. The van der Waals surface area contributed by atoms with Crippen molar-refractivity contribution in [1.29, 1.82) is 0 Å². The molecule has 39 heavy (non-hydrogen) atoms. The van der Waals surface area contributed by atoms with Gasteiger partial charge in [-0.1, -0.05) is 24.6 Å². The molecular formula is C28H27ClF2N2O5S. The molecule has 2 aliphatic carbocycles. The number of sulfone groups is 1. The second kappa shape index (κ2) is 10.2. The van der Waals surface area contributed by atoms with E-state index in [0.29, 0.717) is 12.0 Å². The first-order chi connectivity index (χ1) is 18.4. The summed E-state index contributed by atoms with van der Waals surface area (Å²) in [5.74, 6) is -3.94. The number of aliphatic hydroxyl groups excluding tert-OH is 1. The van der Waals surface area contributed by atoms with Crippen molar-refractivity contribution in [2.75, 3.05) is 5.32 Å². The number of carbonyl (C=O) groups is 1. The van der Waals surface area contributed by atoms with Gasteiger partial charge in [0.25, 0.3) is 5.91 Å². The minimum Gasteiger partial charge on any atom is -0.386 e. The Bertz CT molecular complexity index is 1520. The number of rotatable bonds is 6. The molecule has 2 fully saturated rings. The lowest BCUT2D eigenvalue weighted by molar-refractivity contribution is -0.148. The molecule has 0 aliphatic heterocycles. The van der Waals surface area contributed by atoms with Gasteiger partial charge in [0.2, 0.25) is 0 Å². The van der Waals surface area contributed by atoms with Crippen LogP contribution in [0.15, 0.2) is 65.8 Å². The zero-order valence-corrected chi connectivity index (χ0v) is 22.5. The molecule has 1 aromatic heterocycles. The van der Waals surface area contributed by atoms with Crippen LogP contribution in [0.1, 0.15) is 48.2 Å². The molecule has 0 saturated heterocycles. The Balaban J connectivity index is 1.41. The number of hydrogen-bond donors (Lipinski definition) is 3. The van der Waals surface area contributed by atoms with E-state index in [0.717, 1.165) is 12.1 Å². The smallest absolute Gasteiger partial charge is 0.255 e. The molecule has 1 amide bonds. The van der Waals surface area contributed by atoms with Gasteiger partial charge >= 0.3 is 0 Å². The Morgan fingerprint density at radius 1 is 1.13 bits per heavy atom. The van der Waals surface area contributed by atoms with E-state index < -0.39 is 56.2 Å². The van der Waals surface area contributed by atoms with Crippen LogP contribution in [0.2, 0.25) is 5.02 Å². The lowest BCUT2D eigenvalue weighted by atomic mass is 9.69. The summed E-state index contributed by atoms with van der Waals surface area (Å²) in [6, 6.07) is 10.0. The molecule has 3 unspecified atom stereocenters.